The highest BCUT2D eigenvalue weighted by Gasteiger charge is 2.34. The summed E-state index contributed by atoms with van der Waals surface area (Å²) < 4.78 is 0. The van der Waals surface area contributed by atoms with Crippen LogP contribution in [0.15, 0.2) is 18.2 Å². The van der Waals surface area contributed by atoms with Gasteiger partial charge in [-0.25, -0.2) is 0 Å². The first-order valence-corrected chi connectivity index (χ1v) is 6.99. The van der Waals surface area contributed by atoms with Crippen molar-refractivity contribution in [1.82, 2.24) is 4.90 Å². The van der Waals surface area contributed by atoms with Gasteiger partial charge in [0.2, 0.25) is 5.91 Å². The van der Waals surface area contributed by atoms with Crippen molar-refractivity contribution in [2.24, 2.45) is 0 Å². The maximum atomic E-state index is 12.3. The van der Waals surface area contributed by atoms with Gasteiger partial charge in [0, 0.05) is 22.1 Å². The predicted molar refractivity (Wildman–Crippen MR) is 75.2 cm³/mol. The molecule has 0 spiro atoms. The molecule has 1 fully saturated rings. The molecule has 4 heteroatoms. The topological polar surface area (TPSA) is 20.3 Å². The van der Waals surface area contributed by atoms with Crippen molar-refractivity contribution in [3.63, 3.8) is 0 Å². The molecule has 1 saturated carbocycles. The second-order valence-corrected chi connectivity index (χ2v) is 5.88. The molecule has 18 heavy (non-hydrogen) atoms. The van der Waals surface area contributed by atoms with E-state index in [0.29, 0.717) is 22.5 Å². The molecule has 1 aliphatic carbocycles. The fraction of sp³-hybridized carbons (Fsp3) is 0.500. The smallest absolute Gasteiger partial charge is 0.227 e. The Balaban J connectivity index is 2.10. The van der Waals surface area contributed by atoms with E-state index in [0.717, 1.165) is 18.4 Å². The standard InChI is InChI=1S/C14H17Cl2NO/c1-9(2)17(12-5-6-12)14(18)7-10-3-4-11(15)8-13(10)16/h3-4,8-9,12H,5-7H2,1-2H3. The summed E-state index contributed by atoms with van der Waals surface area (Å²) in [5.41, 5.74) is 0.845. The van der Waals surface area contributed by atoms with Crippen LogP contribution in [0.25, 0.3) is 0 Å². The Morgan fingerprint density at radius 1 is 1.39 bits per heavy atom. The Morgan fingerprint density at radius 2 is 2.06 bits per heavy atom. The van der Waals surface area contributed by atoms with Crippen LogP contribution in [-0.2, 0) is 11.2 Å². The van der Waals surface area contributed by atoms with Crippen molar-refractivity contribution < 1.29 is 4.79 Å². The molecule has 98 valence electrons. The highest BCUT2D eigenvalue weighted by atomic mass is 35.5. The summed E-state index contributed by atoms with van der Waals surface area (Å²) in [6.07, 6.45) is 2.60. The van der Waals surface area contributed by atoms with Gasteiger partial charge in [0.05, 0.1) is 6.42 Å². The summed E-state index contributed by atoms with van der Waals surface area (Å²) in [6, 6.07) is 5.96. The number of hydrogen-bond acceptors (Lipinski definition) is 1. The molecule has 0 aliphatic heterocycles. The zero-order chi connectivity index (χ0) is 13.3. The fourth-order valence-corrected chi connectivity index (χ4v) is 2.66. The molecular weight excluding hydrogens is 269 g/mol. The van der Waals surface area contributed by atoms with Gasteiger partial charge < -0.3 is 4.90 Å². The van der Waals surface area contributed by atoms with Crippen LogP contribution in [0.3, 0.4) is 0 Å². The van der Waals surface area contributed by atoms with Crippen LogP contribution >= 0.6 is 23.2 Å². The third-order valence-electron chi connectivity index (χ3n) is 3.14. The van der Waals surface area contributed by atoms with Crippen molar-refractivity contribution in [2.45, 2.75) is 45.2 Å². The maximum Gasteiger partial charge on any atom is 0.227 e. The third-order valence-corrected chi connectivity index (χ3v) is 3.73. The fourth-order valence-electron chi connectivity index (χ4n) is 2.19. The van der Waals surface area contributed by atoms with Crippen molar-refractivity contribution in [1.29, 1.82) is 0 Å². The lowest BCUT2D eigenvalue weighted by molar-refractivity contribution is -0.132. The molecule has 0 atom stereocenters. The average molecular weight is 286 g/mol. The second-order valence-electron chi connectivity index (χ2n) is 5.04. The first kappa shape index (κ1) is 13.7. The van der Waals surface area contributed by atoms with E-state index >= 15 is 0 Å². The molecular formula is C14H17Cl2NO. The van der Waals surface area contributed by atoms with E-state index in [4.69, 9.17) is 23.2 Å². The van der Waals surface area contributed by atoms with E-state index in [-0.39, 0.29) is 11.9 Å². The number of hydrogen-bond donors (Lipinski definition) is 0. The highest BCUT2D eigenvalue weighted by Crippen LogP contribution is 2.30. The Labute approximate surface area is 118 Å². The van der Waals surface area contributed by atoms with E-state index < -0.39 is 0 Å². The van der Waals surface area contributed by atoms with E-state index in [9.17, 15) is 4.79 Å². The minimum atomic E-state index is 0.150. The molecule has 1 aromatic rings. The summed E-state index contributed by atoms with van der Waals surface area (Å²) in [5.74, 6) is 0.150. The van der Waals surface area contributed by atoms with Gasteiger partial charge >= 0.3 is 0 Å². The van der Waals surface area contributed by atoms with Crippen molar-refractivity contribution in [2.75, 3.05) is 0 Å². The molecule has 0 bridgehead atoms. The van der Waals surface area contributed by atoms with Crippen LogP contribution in [0.4, 0.5) is 0 Å². The molecule has 0 heterocycles. The first-order valence-electron chi connectivity index (χ1n) is 6.24. The third kappa shape index (κ3) is 3.18. The summed E-state index contributed by atoms with van der Waals surface area (Å²) in [4.78, 5) is 14.3. The molecule has 0 N–H and O–H groups in total. The molecule has 2 rings (SSSR count). The first-order chi connectivity index (χ1) is 8.49. The monoisotopic (exact) mass is 285 g/mol. The lowest BCUT2D eigenvalue weighted by Gasteiger charge is -2.27. The Morgan fingerprint density at radius 3 is 2.56 bits per heavy atom. The van der Waals surface area contributed by atoms with Gasteiger partial charge in [-0.2, -0.15) is 0 Å². The van der Waals surface area contributed by atoms with Gasteiger partial charge in [0.15, 0.2) is 0 Å². The van der Waals surface area contributed by atoms with E-state index in [1.807, 2.05) is 11.0 Å². The summed E-state index contributed by atoms with van der Waals surface area (Å²) in [7, 11) is 0. The number of amides is 1. The van der Waals surface area contributed by atoms with Crippen molar-refractivity contribution in [3.8, 4) is 0 Å². The van der Waals surface area contributed by atoms with Gasteiger partial charge in [0.1, 0.15) is 0 Å². The SMILES string of the molecule is CC(C)N(C(=O)Cc1ccc(Cl)cc1Cl)C1CC1. The molecule has 0 aromatic heterocycles. The quantitative estimate of drug-likeness (QED) is 0.821. The van der Waals surface area contributed by atoms with Crippen molar-refractivity contribution >= 4 is 29.1 Å². The van der Waals surface area contributed by atoms with Gasteiger partial charge in [-0.05, 0) is 44.4 Å². The van der Waals surface area contributed by atoms with Gasteiger partial charge in [-0.1, -0.05) is 29.3 Å². The highest BCUT2D eigenvalue weighted by molar-refractivity contribution is 6.35. The number of rotatable bonds is 4. The van der Waals surface area contributed by atoms with Gasteiger partial charge in [-0.15, -0.1) is 0 Å². The van der Waals surface area contributed by atoms with Crippen LogP contribution in [0.5, 0.6) is 0 Å². The van der Waals surface area contributed by atoms with Crippen LogP contribution in [0.2, 0.25) is 10.0 Å². The molecule has 0 saturated heterocycles. The van der Waals surface area contributed by atoms with Crippen molar-refractivity contribution in [3.05, 3.63) is 33.8 Å². The van der Waals surface area contributed by atoms with Crippen LogP contribution in [0.1, 0.15) is 32.3 Å². The number of halogens is 2. The predicted octanol–water partition coefficient (Wildman–Crippen LogP) is 3.94. The van der Waals surface area contributed by atoms with Crippen LogP contribution in [0, 0.1) is 0 Å². The summed E-state index contributed by atoms with van der Waals surface area (Å²) in [5, 5.41) is 1.16. The molecule has 2 nitrogen and oxygen atoms in total. The molecule has 1 amide bonds. The lowest BCUT2D eigenvalue weighted by atomic mass is 10.1. The molecule has 0 unspecified atom stereocenters. The Hall–Kier alpha value is -0.730. The maximum absolute atomic E-state index is 12.3. The van der Waals surface area contributed by atoms with Gasteiger partial charge in [0.25, 0.3) is 0 Å². The van der Waals surface area contributed by atoms with E-state index in [1.165, 1.54) is 0 Å². The number of carbonyl (C=O) groups is 1. The Kier molecular flexibility index (Phi) is 4.18. The largest absolute Gasteiger partial charge is 0.337 e. The molecule has 1 aliphatic rings. The summed E-state index contributed by atoms with van der Waals surface area (Å²) >= 11 is 11.9. The zero-order valence-electron chi connectivity index (χ0n) is 10.6. The van der Waals surface area contributed by atoms with Crippen LogP contribution < -0.4 is 0 Å². The number of nitrogens with zero attached hydrogens (tertiary/aromatic N) is 1. The molecule has 0 radical (unpaired) electrons. The number of benzene rings is 1. The van der Waals surface area contributed by atoms with Crippen LogP contribution in [-0.4, -0.2) is 22.9 Å². The second kappa shape index (κ2) is 5.50. The van der Waals surface area contributed by atoms with E-state index in [2.05, 4.69) is 13.8 Å². The zero-order valence-corrected chi connectivity index (χ0v) is 12.1. The minimum Gasteiger partial charge on any atom is -0.337 e. The Bertz CT molecular complexity index is 453. The summed E-state index contributed by atoms with van der Waals surface area (Å²) in [6.45, 7) is 4.11. The van der Waals surface area contributed by atoms with E-state index in [1.54, 1.807) is 12.1 Å². The lowest BCUT2D eigenvalue weighted by Crippen LogP contribution is -2.39. The normalized spacial score (nSPS) is 14.9. The minimum absolute atomic E-state index is 0.150. The average Bonchev–Trinajstić information content (AvgIpc) is 3.06. The molecule has 1 aromatic carbocycles. The van der Waals surface area contributed by atoms with Gasteiger partial charge in [-0.3, -0.25) is 4.79 Å². The number of carbonyl (C=O) groups excluding carboxylic acids is 1.